The van der Waals surface area contributed by atoms with E-state index in [2.05, 4.69) is 31.3 Å². The summed E-state index contributed by atoms with van der Waals surface area (Å²) in [4.78, 5) is 14.3. The number of nitrogens with one attached hydrogen (secondary N) is 1. The molecule has 2 atom stereocenters. The van der Waals surface area contributed by atoms with E-state index in [0.29, 0.717) is 25.9 Å². The number of aliphatic hydroxyl groups is 2. The molecule has 3 N–H and O–H groups in total. The number of aryl methyl sites for hydroxylation is 1. The first-order valence-corrected chi connectivity index (χ1v) is 9.87. The van der Waals surface area contributed by atoms with Crippen LogP contribution in [-0.4, -0.2) is 52.4 Å². The van der Waals surface area contributed by atoms with Crippen molar-refractivity contribution in [2.24, 2.45) is 0 Å². The molecule has 0 spiro atoms. The third kappa shape index (κ3) is 4.79. The molecule has 0 radical (unpaired) electrons. The Kier molecular flexibility index (Phi) is 6.50. The SMILES string of the molecule is Cc1cccc(CNC[C@@]2(O)CN(C(=O)Cc3ccccc3)CC[C@@H]2O)c1C. The predicted molar refractivity (Wildman–Crippen MR) is 110 cm³/mol. The zero-order valence-corrected chi connectivity index (χ0v) is 16.7. The molecule has 2 aromatic carbocycles. The number of hydrogen-bond donors (Lipinski definition) is 3. The van der Waals surface area contributed by atoms with E-state index in [1.807, 2.05) is 36.4 Å². The number of benzene rings is 2. The lowest BCUT2D eigenvalue weighted by Gasteiger charge is -2.43. The van der Waals surface area contributed by atoms with Gasteiger partial charge in [-0.05, 0) is 42.5 Å². The van der Waals surface area contributed by atoms with Gasteiger partial charge in [0.05, 0.1) is 19.1 Å². The van der Waals surface area contributed by atoms with Gasteiger partial charge >= 0.3 is 0 Å². The Bertz CT molecular complexity index is 809. The van der Waals surface area contributed by atoms with E-state index >= 15 is 0 Å². The van der Waals surface area contributed by atoms with Gasteiger partial charge in [-0.2, -0.15) is 0 Å². The lowest BCUT2D eigenvalue weighted by molar-refractivity contribution is -0.150. The number of carbonyl (C=O) groups is 1. The van der Waals surface area contributed by atoms with Crippen LogP contribution in [0.1, 0.15) is 28.7 Å². The van der Waals surface area contributed by atoms with Gasteiger partial charge in [0.15, 0.2) is 0 Å². The van der Waals surface area contributed by atoms with Crippen LogP contribution in [-0.2, 0) is 17.8 Å². The minimum Gasteiger partial charge on any atom is -0.390 e. The van der Waals surface area contributed by atoms with Crippen LogP contribution >= 0.6 is 0 Å². The molecule has 1 aliphatic rings. The first-order valence-electron chi connectivity index (χ1n) is 9.87. The van der Waals surface area contributed by atoms with Crippen LogP contribution < -0.4 is 5.32 Å². The average Bonchev–Trinajstić information content (AvgIpc) is 2.68. The van der Waals surface area contributed by atoms with E-state index in [4.69, 9.17) is 0 Å². The van der Waals surface area contributed by atoms with Gasteiger partial charge < -0.3 is 20.4 Å². The molecule has 5 nitrogen and oxygen atoms in total. The van der Waals surface area contributed by atoms with Crippen molar-refractivity contribution in [2.45, 2.75) is 44.9 Å². The molecular weight excluding hydrogens is 352 g/mol. The van der Waals surface area contributed by atoms with Crippen molar-refractivity contribution < 1.29 is 15.0 Å². The number of nitrogens with zero attached hydrogens (tertiary/aromatic N) is 1. The van der Waals surface area contributed by atoms with Crippen molar-refractivity contribution in [1.82, 2.24) is 10.2 Å². The molecule has 5 heteroatoms. The molecule has 0 unspecified atom stereocenters. The van der Waals surface area contributed by atoms with E-state index in [9.17, 15) is 15.0 Å². The second-order valence-electron chi connectivity index (χ2n) is 7.85. The van der Waals surface area contributed by atoms with Gasteiger partial charge in [-0.3, -0.25) is 4.79 Å². The van der Waals surface area contributed by atoms with Crippen LogP contribution in [0.2, 0.25) is 0 Å². The van der Waals surface area contributed by atoms with Gasteiger partial charge in [-0.25, -0.2) is 0 Å². The van der Waals surface area contributed by atoms with Crippen molar-refractivity contribution in [3.63, 3.8) is 0 Å². The highest BCUT2D eigenvalue weighted by molar-refractivity contribution is 5.79. The summed E-state index contributed by atoms with van der Waals surface area (Å²) in [5, 5.41) is 24.7. The molecule has 150 valence electrons. The van der Waals surface area contributed by atoms with Crippen LogP contribution in [0.25, 0.3) is 0 Å². The molecule has 0 aliphatic carbocycles. The molecule has 2 aromatic rings. The van der Waals surface area contributed by atoms with Gasteiger partial charge in [0.1, 0.15) is 5.60 Å². The van der Waals surface area contributed by atoms with Crippen LogP contribution in [0.3, 0.4) is 0 Å². The molecule has 1 heterocycles. The summed E-state index contributed by atoms with van der Waals surface area (Å²) >= 11 is 0. The highest BCUT2D eigenvalue weighted by Gasteiger charge is 2.42. The second kappa shape index (κ2) is 8.86. The minimum atomic E-state index is -1.34. The molecule has 1 saturated heterocycles. The molecular formula is C23H30N2O3. The maximum Gasteiger partial charge on any atom is 0.227 e. The van der Waals surface area contributed by atoms with Crippen LogP contribution in [0, 0.1) is 13.8 Å². The number of rotatable bonds is 6. The number of piperidine rings is 1. The normalized spacial score (nSPS) is 22.3. The number of aliphatic hydroxyl groups excluding tert-OH is 1. The monoisotopic (exact) mass is 382 g/mol. The average molecular weight is 383 g/mol. The van der Waals surface area contributed by atoms with Gasteiger partial charge in [-0.1, -0.05) is 48.5 Å². The van der Waals surface area contributed by atoms with Crippen molar-refractivity contribution in [1.29, 1.82) is 0 Å². The molecule has 1 amide bonds. The van der Waals surface area contributed by atoms with E-state index in [1.54, 1.807) is 4.90 Å². The molecule has 28 heavy (non-hydrogen) atoms. The Hall–Kier alpha value is -2.21. The van der Waals surface area contributed by atoms with Crippen molar-refractivity contribution in [3.8, 4) is 0 Å². The summed E-state index contributed by atoms with van der Waals surface area (Å²) in [6, 6.07) is 15.8. The van der Waals surface area contributed by atoms with Gasteiger partial charge in [0.2, 0.25) is 5.91 Å². The fourth-order valence-electron chi connectivity index (χ4n) is 3.75. The Morgan fingerprint density at radius 3 is 2.68 bits per heavy atom. The number of carbonyl (C=O) groups excluding carboxylic acids is 1. The van der Waals surface area contributed by atoms with E-state index < -0.39 is 11.7 Å². The van der Waals surface area contributed by atoms with Crippen molar-refractivity contribution >= 4 is 5.91 Å². The quantitative estimate of drug-likeness (QED) is 0.714. The van der Waals surface area contributed by atoms with E-state index in [1.165, 1.54) is 16.7 Å². The minimum absolute atomic E-state index is 0.0222. The van der Waals surface area contributed by atoms with Crippen LogP contribution in [0.5, 0.6) is 0 Å². The van der Waals surface area contributed by atoms with Crippen LogP contribution in [0.4, 0.5) is 0 Å². The van der Waals surface area contributed by atoms with E-state index in [0.717, 1.165) is 5.56 Å². The smallest absolute Gasteiger partial charge is 0.227 e. The molecule has 0 saturated carbocycles. The third-order valence-corrected chi connectivity index (χ3v) is 5.77. The van der Waals surface area contributed by atoms with Gasteiger partial charge in [0.25, 0.3) is 0 Å². The summed E-state index contributed by atoms with van der Waals surface area (Å²) in [5.74, 6) is -0.0222. The standard InChI is InChI=1S/C23H30N2O3/c1-17-7-6-10-20(18(17)2)14-24-15-23(28)16-25(12-11-21(23)26)22(27)13-19-8-4-3-5-9-19/h3-10,21,24,26,28H,11-16H2,1-2H3/t21-,23+/m0/s1. The van der Waals surface area contributed by atoms with Crippen molar-refractivity contribution in [2.75, 3.05) is 19.6 Å². The summed E-state index contributed by atoms with van der Waals surface area (Å²) in [6.07, 6.45) is -0.162. The predicted octanol–water partition coefficient (Wildman–Crippen LogP) is 1.96. The first kappa shape index (κ1) is 20.5. The molecule has 0 bridgehead atoms. The first-order chi connectivity index (χ1) is 13.4. The Morgan fingerprint density at radius 2 is 1.93 bits per heavy atom. The third-order valence-electron chi connectivity index (χ3n) is 5.77. The largest absolute Gasteiger partial charge is 0.390 e. The number of amides is 1. The fourth-order valence-corrected chi connectivity index (χ4v) is 3.75. The lowest BCUT2D eigenvalue weighted by atomic mass is 9.89. The maximum absolute atomic E-state index is 12.7. The summed E-state index contributed by atoms with van der Waals surface area (Å²) in [7, 11) is 0. The van der Waals surface area contributed by atoms with Crippen molar-refractivity contribution in [3.05, 3.63) is 70.8 Å². The van der Waals surface area contributed by atoms with Gasteiger partial charge in [-0.15, -0.1) is 0 Å². The summed E-state index contributed by atoms with van der Waals surface area (Å²) in [5.41, 5.74) is 3.24. The maximum atomic E-state index is 12.7. The highest BCUT2D eigenvalue weighted by atomic mass is 16.3. The number of β-amino-alcohol motifs (C(OH)–C–C–N with tert-alkyl or cyclic N) is 1. The zero-order valence-electron chi connectivity index (χ0n) is 16.7. The summed E-state index contributed by atoms with van der Waals surface area (Å²) < 4.78 is 0. The zero-order chi connectivity index (χ0) is 20.1. The molecule has 0 aromatic heterocycles. The number of likely N-dealkylation sites (tertiary alicyclic amines) is 1. The van der Waals surface area contributed by atoms with Gasteiger partial charge in [0, 0.05) is 19.6 Å². The Balaban J connectivity index is 1.59. The Morgan fingerprint density at radius 1 is 1.18 bits per heavy atom. The second-order valence-corrected chi connectivity index (χ2v) is 7.85. The molecule has 1 fully saturated rings. The van der Waals surface area contributed by atoms with Crippen LogP contribution in [0.15, 0.2) is 48.5 Å². The fraction of sp³-hybridized carbons (Fsp3) is 0.435. The highest BCUT2D eigenvalue weighted by Crippen LogP contribution is 2.23. The molecule has 3 rings (SSSR count). The topological polar surface area (TPSA) is 72.8 Å². The Labute approximate surface area is 167 Å². The lowest BCUT2D eigenvalue weighted by Crippen LogP contribution is -2.62. The number of hydrogen-bond acceptors (Lipinski definition) is 4. The van der Waals surface area contributed by atoms with E-state index in [-0.39, 0.29) is 19.0 Å². The molecule has 1 aliphatic heterocycles. The summed E-state index contributed by atoms with van der Waals surface area (Å²) in [6.45, 7) is 5.61.